The molecule has 4 rings (SSSR count). The number of nitrogens with zero attached hydrogens (tertiary/aromatic N) is 2. The van der Waals surface area contributed by atoms with Crippen molar-refractivity contribution in [2.24, 2.45) is 0 Å². The molecule has 1 fully saturated rings. The van der Waals surface area contributed by atoms with Gasteiger partial charge in [-0.25, -0.2) is 4.79 Å². The van der Waals surface area contributed by atoms with E-state index in [1.165, 1.54) is 38.0 Å². The van der Waals surface area contributed by atoms with E-state index in [9.17, 15) is 19.2 Å². The first kappa shape index (κ1) is 26.9. The van der Waals surface area contributed by atoms with Gasteiger partial charge in [-0.05, 0) is 31.0 Å². The second kappa shape index (κ2) is 12.0. The summed E-state index contributed by atoms with van der Waals surface area (Å²) in [5, 5.41) is 2.95. The van der Waals surface area contributed by atoms with Crippen LogP contribution in [0.15, 0.2) is 46.0 Å². The van der Waals surface area contributed by atoms with Crippen molar-refractivity contribution < 1.29 is 28.5 Å². The predicted molar refractivity (Wildman–Crippen MR) is 139 cm³/mol. The topological polar surface area (TPSA) is 127 Å². The summed E-state index contributed by atoms with van der Waals surface area (Å²) < 4.78 is 23.6. The molecular formula is C27H31N3O8. The molecule has 11 nitrogen and oxygen atoms in total. The lowest BCUT2D eigenvalue weighted by Crippen LogP contribution is -2.42. The highest BCUT2D eigenvalue weighted by molar-refractivity contribution is 5.97. The fourth-order valence-corrected chi connectivity index (χ4v) is 4.46. The zero-order valence-corrected chi connectivity index (χ0v) is 21.7. The summed E-state index contributed by atoms with van der Waals surface area (Å²) in [5.74, 6) is 0.424. The van der Waals surface area contributed by atoms with E-state index in [1.807, 2.05) is 0 Å². The van der Waals surface area contributed by atoms with Gasteiger partial charge in [0.25, 0.3) is 5.56 Å². The number of carbonyl (C=O) groups is 2. The van der Waals surface area contributed by atoms with Crippen molar-refractivity contribution in [3.8, 4) is 17.2 Å². The number of fused-ring (bicyclic) bond motifs is 1. The summed E-state index contributed by atoms with van der Waals surface area (Å²) in [5.41, 5.74) is -0.745. The van der Waals surface area contributed by atoms with Crippen LogP contribution in [0.2, 0.25) is 0 Å². The van der Waals surface area contributed by atoms with Gasteiger partial charge in [-0.3, -0.25) is 23.5 Å². The van der Waals surface area contributed by atoms with E-state index in [4.69, 9.17) is 18.9 Å². The van der Waals surface area contributed by atoms with Crippen LogP contribution in [0.25, 0.3) is 10.9 Å². The Morgan fingerprint density at radius 2 is 1.79 bits per heavy atom. The Hall–Kier alpha value is -4.12. The first-order chi connectivity index (χ1) is 18.4. The highest BCUT2D eigenvalue weighted by Gasteiger charge is 2.21. The molecule has 38 heavy (non-hydrogen) atoms. The zero-order valence-electron chi connectivity index (χ0n) is 21.7. The standard InChI is InChI=1S/C27H31N3O8/c1-35-18-7-4-6-17(12-18)22(31)16-30-21-14-24(37-3)23(36-2)13-20(21)26(33)29(27(30)34)10-9-25(32)28-15-19-8-5-11-38-19/h4,6-7,12-14,19H,5,8-11,15-16H2,1-3H3,(H,28,32)/t19-/m1/s1. The number of amides is 1. The van der Waals surface area contributed by atoms with Crippen molar-refractivity contribution in [2.45, 2.75) is 38.5 Å². The SMILES string of the molecule is COc1cccc(C(=O)Cn2c(=O)n(CCC(=O)NC[C@H]3CCCO3)c(=O)c3cc(OC)c(OC)cc32)c1. The number of aromatic nitrogens is 2. The monoisotopic (exact) mass is 525 g/mol. The maximum Gasteiger partial charge on any atom is 0.331 e. The molecule has 0 bridgehead atoms. The largest absolute Gasteiger partial charge is 0.497 e. The summed E-state index contributed by atoms with van der Waals surface area (Å²) in [6.45, 7) is 0.549. The minimum Gasteiger partial charge on any atom is -0.497 e. The highest BCUT2D eigenvalue weighted by Crippen LogP contribution is 2.30. The quantitative estimate of drug-likeness (QED) is 0.375. The number of hydrogen-bond donors (Lipinski definition) is 1. The van der Waals surface area contributed by atoms with Gasteiger partial charge in [0, 0.05) is 37.7 Å². The summed E-state index contributed by atoms with van der Waals surface area (Å²) in [4.78, 5) is 52.6. The third kappa shape index (κ3) is 5.72. The first-order valence-electron chi connectivity index (χ1n) is 12.3. The van der Waals surface area contributed by atoms with Gasteiger partial charge in [-0.1, -0.05) is 12.1 Å². The molecule has 0 aliphatic carbocycles. The molecule has 0 saturated carbocycles. The molecule has 1 atom stereocenters. The van der Waals surface area contributed by atoms with E-state index in [1.54, 1.807) is 24.3 Å². The normalized spacial score (nSPS) is 14.9. The molecule has 3 aromatic rings. The average Bonchev–Trinajstić information content (AvgIpc) is 3.47. The van der Waals surface area contributed by atoms with Gasteiger partial charge in [0.15, 0.2) is 17.3 Å². The summed E-state index contributed by atoms with van der Waals surface area (Å²) in [6, 6.07) is 9.55. The van der Waals surface area contributed by atoms with Gasteiger partial charge in [0.2, 0.25) is 5.91 Å². The second-order valence-corrected chi connectivity index (χ2v) is 8.89. The van der Waals surface area contributed by atoms with Crippen LogP contribution in [0.1, 0.15) is 29.6 Å². The van der Waals surface area contributed by atoms with Crippen molar-refractivity contribution in [3.05, 3.63) is 62.8 Å². The Kier molecular flexibility index (Phi) is 8.47. The van der Waals surface area contributed by atoms with Crippen molar-refractivity contribution in [3.63, 3.8) is 0 Å². The lowest BCUT2D eigenvalue weighted by atomic mass is 10.1. The molecule has 2 heterocycles. The molecule has 202 valence electrons. The molecule has 1 N–H and O–H groups in total. The summed E-state index contributed by atoms with van der Waals surface area (Å²) in [7, 11) is 4.36. The molecule has 0 unspecified atom stereocenters. The fourth-order valence-electron chi connectivity index (χ4n) is 4.46. The second-order valence-electron chi connectivity index (χ2n) is 8.89. The Labute approximate surface area is 218 Å². The number of nitrogens with one attached hydrogen (secondary N) is 1. The summed E-state index contributed by atoms with van der Waals surface area (Å²) in [6.07, 6.45) is 1.71. The molecule has 0 radical (unpaired) electrons. The molecule has 11 heteroatoms. The van der Waals surface area contributed by atoms with Gasteiger partial charge in [0.1, 0.15) is 5.75 Å². The summed E-state index contributed by atoms with van der Waals surface area (Å²) >= 11 is 0. The Morgan fingerprint density at radius 1 is 1.03 bits per heavy atom. The molecule has 1 aliphatic rings. The van der Waals surface area contributed by atoms with E-state index in [0.29, 0.717) is 36.0 Å². The van der Waals surface area contributed by atoms with E-state index in [0.717, 1.165) is 17.4 Å². The Bertz CT molecular complexity index is 1450. The van der Waals surface area contributed by atoms with Gasteiger partial charge in [0.05, 0.1) is 44.9 Å². The molecule has 1 aromatic heterocycles. The van der Waals surface area contributed by atoms with Crippen molar-refractivity contribution in [1.82, 2.24) is 14.5 Å². The number of methoxy groups -OCH3 is 3. The molecule has 2 aromatic carbocycles. The molecule has 1 saturated heterocycles. The lowest BCUT2D eigenvalue weighted by Gasteiger charge is -2.16. The minimum atomic E-state index is -0.710. The Morgan fingerprint density at radius 3 is 2.47 bits per heavy atom. The molecule has 0 spiro atoms. The number of rotatable bonds is 11. The lowest BCUT2D eigenvalue weighted by molar-refractivity contribution is -0.121. The molecule has 1 aliphatic heterocycles. The van der Waals surface area contributed by atoms with Gasteiger partial charge in [-0.2, -0.15) is 0 Å². The number of hydrogen-bond acceptors (Lipinski definition) is 8. The van der Waals surface area contributed by atoms with Crippen LogP contribution in [0.3, 0.4) is 0 Å². The third-order valence-corrected chi connectivity index (χ3v) is 6.54. The predicted octanol–water partition coefficient (Wildman–Crippen LogP) is 1.76. The van der Waals surface area contributed by atoms with Crippen LogP contribution in [-0.2, 0) is 22.6 Å². The van der Waals surface area contributed by atoms with Crippen LogP contribution in [0, 0.1) is 0 Å². The van der Waals surface area contributed by atoms with E-state index in [2.05, 4.69) is 5.32 Å². The number of benzene rings is 2. The van der Waals surface area contributed by atoms with Crippen molar-refractivity contribution in [1.29, 1.82) is 0 Å². The molecular weight excluding hydrogens is 494 g/mol. The van der Waals surface area contributed by atoms with E-state index in [-0.39, 0.29) is 48.2 Å². The number of carbonyl (C=O) groups excluding carboxylic acids is 2. The van der Waals surface area contributed by atoms with Crippen LogP contribution in [0.5, 0.6) is 17.2 Å². The van der Waals surface area contributed by atoms with Gasteiger partial charge in [-0.15, -0.1) is 0 Å². The van der Waals surface area contributed by atoms with Crippen molar-refractivity contribution >= 4 is 22.6 Å². The maximum atomic E-state index is 13.6. The van der Waals surface area contributed by atoms with E-state index >= 15 is 0 Å². The third-order valence-electron chi connectivity index (χ3n) is 6.54. The Balaban J connectivity index is 1.70. The van der Waals surface area contributed by atoms with Crippen LogP contribution < -0.4 is 30.8 Å². The first-order valence-corrected chi connectivity index (χ1v) is 12.3. The van der Waals surface area contributed by atoms with Crippen LogP contribution >= 0.6 is 0 Å². The average molecular weight is 526 g/mol. The van der Waals surface area contributed by atoms with E-state index < -0.39 is 11.2 Å². The zero-order chi connectivity index (χ0) is 27.2. The van der Waals surface area contributed by atoms with Crippen LogP contribution in [-0.4, -0.2) is 61.4 Å². The van der Waals surface area contributed by atoms with Crippen molar-refractivity contribution in [2.75, 3.05) is 34.5 Å². The number of ketones is 1. The maximum absolute atomic E-state index is 13.6. The highest BCUT2D eigenvalue weighted by atomic mass is 16.5. The smallest absolute Gasteiger partial charge is 0.331 e. The van der Waals surface area contributed by atoms with Gasteiger partial charge >= 0.3 is 5.69 Å². The fraction of sp³-hybridized carbons (Fsp3) is 0.407. The van der Waals surface area contributed by atoms with Gasteiger partial charge < -0.3 is 24.3 Å². The number of Topliss-reactive ketones (excluding diaryl/α,β-unsaturated/α-hetero) is 1. The van der Waals surface area contributed by atoms with Crippen LogP contribution in [0.4, 0.5) is 0 Å². The number of ether oxygens (including phenoxy) is 4. The minimum absolute atomic E-state index is 0.0235. The molecule has 1 amide bonds.